The van der Waals surface area contributed by atoms with E-state index in [1.54, 1.807) is 4.90 Å². The van der Waals surface area contributed by atoms with Crippen LogP contribution in [-0.2, 0) is 15.1 Å². The number of piperidine rings is 2. The number of carbonyl (C=O) groups is 2. The molecule has 1 aromatic heterocycles. The number of aromatic nitrogens is 2. The maximum Gasteiger partial charge on any atom is 0.410 e. The van der Waals surface area contributed by atoms with Gasteiger partial charge in [0.2, 0.25) is 0 Å². The largest absolute Gasteiger partial charge is 0.482 e. The molecule has 1 aliphatic carbocycles. The molecule has 1 aromatic carbocycles. The third-order valence-electron chi connectivity index (χ3n) is 9.39. The van der Waals surface area contributed by atoms with Crippen molar-refractivity contribution in [2.45, 2.75) is 122 Å². The highest BCUT2D eigenvalue weighted by atomic mass is 16.6. The van der Waals surface area contributed by atoms with Crippen LogP contribution in [0.15, 0.2) is 24.3 Å². The fourth-order valence-electron chi connectivity index (χ4n) is 7.39. The Morgan fingerprint density at radius 1 is 0.929 bits per heavy atom. The van der Waals surface area contributed by atoms with Crippen LogP contribution in [0.25, 0.3) is 11.3 Å². The fraction of sp³-hybridized carbons (Fsp3) is 0.667. The lowest BCUT2D eigenvalue weighted by Gasteiger charge is -2.54. The van der Waals surface area contributed by atoms with E-state index in [-0.39, 0.29) is 23.8 Å². The molecule has 42 heavy (non-hydrogen) atoms. The van der Waals surface area contributed by atoms with Crippen molar-refractivity contribution < 1.29 is 23.8 Å². The zero-order chi connectivity index (χ0) is 30.1. The van der Waals surface area contributed by atoms with E-state index in [2.05, 4.69) is 17.7 Å². The van der Waals surface area contributed by atoms with Crippen LogP contribution in [0.1, 0.15) is 104 Å². The number of ether oxygens (including phenoxy) is 3. The number of para-hydroxylation sites is 1. The highest BCUT2D eigenvalue weighted by Gasteiger charge is 2.52. The van der Waals surface area contributed by atoms with Crippen LogP contribution in [-0.4, -0.2) is 68.1 Å². The van der Waals surface area contributed by atoms with Gasteiger partial charge in [-0.1, -0.05) is 12.1 Å². The number of fused-ring (bicyclic) bond motifs is 4. The molecule has 6 rings (SSSR count). The van der Waals surface area contributed by atoms with Crippen molar-refractivity contribution >= 4 is 12.2 Å². The molecule has 2 aromatic rings. The zero-order valence-corrected chi connectivity index (χ0v) is 26.3. The van der Waals surface area contributed by atoms with Crippen molar-refractivity contribution in [1.29, 1.82) is 0 Å². The second-order valence-electron chi connectivity index (χ2n) is 14.7. The number of rotatable bonds is 1. The summed E-state index contributed by atoms with van der Waals surface area (Å²) in [6.45, 7) is 15.4. The first-order valence-electron chi connectivity index (χ1n) is 15.6. The maximum atomic E-state index is 13.2. The minimum absolute atomic E-state index is 0.172. The molecule has 4 aliphatic rings. The van der Waals surface area contributed by atoms with Crippen LogP contribution >= 0.6 is 0 Å². The SMILES string of the molecule is Cc1c2c(nn1C1CCN(C(=O)OC(C)(C)C)C3(CCC3)C1)-c1ccccc1OC21CCN(C(=O)OC(C)(C)C)CC1. The number of likely N-dealkylation sites (tertiary alicyclic amines) is 2. The fourth-order valence-corrected chi connectivity index (χ4v) is 7.39. The number of hydrogen-bond donors (Lipinski definition) is 0. The summed E-state index contributed by atoms with van der Waals surface area (Å²) in [5.41, 5.74) is 2.48. The summed E-state index contributed by atoms with van der Waals surface area (Å²) in [5, 5.41) is 5.32. The summed E-state index contributed by atoms with van der Waals surface area (Å²) >= 11 is 0. The van der Waals surface area contributed by atoms with Gasteiger partial charge in [0.15, 0.2) is 0 Å². The molecule has 1 atom stereocenters. The molecule has 9 nitrogen and oxygen atoms in total. The quantitative estimate of drug-likeness (QED) is 0.363. The standard InChI is InChI=1S/C33H46N4O5/c1-22-26-27(34-37(22)23-13-18-36(29(39)42-31(5,6)7)32(21-23)14-10-15-32)24-11-8-9-12-25(24)40-33(26)16-19-35(20-17-33)28(38)41-30(2,3)4/h8-9,11-12,23H,10,13-21H2,1-7H3. The average Bonchev–Trinajstić information content (AvgIpc) is 3.24. The summed E-state index contributed by atoms with van der Waals surface area (Å²) in [7, 11) is 0. The van der Waals surface area contributed by atoms with E-state index in [0.29, 0.717) is 32.5 Å². The van der Waals surface area contributed by atoms with Crippen molar-refractivity contribution in [2.24, 2.45) is 0 Å². The molecule has 2 saturated heterocycles. The van der Waals surface area contributed by atoms with Crippen molar-refractivity contribution in [2.75, 3.05) is 19.6 Å². The van der Waals surface area contributed by atoms with Crippen molar-refractivity contribution in [3.63, 3.8) is 0 Å². The van der Waals surface area contributed by atoms with Crippen LogP contribution in [0.3, 0.4) is 0 Å². The van der Waals surface area contributed by atoms with E-state index >= 15 is 0 Å². The van der Waals surface area contributed by atoms with Crippen LogP contribution in [0, 0.1) is 6.92 Å². The Labute approximate surface area is 249 Å². The molecule has 9 heteroatoms. The minimum Gasteiger partial charge on any atom is -0.482 e. The van der Waals surface area contributed by atoms with Gasteiger partial charge in [-0.15, -0.1) is 0 Å². The molecule has 1 saturated carbocycles. The highest BCUT2D eigenvalue weighted by Crippen LogP contribution is 2.53. The normalized spacial score (nSPS) is 22.6. The number of amides is 2. The Hall–Kier alpha value is -3.23. The topological polar surface area (TPSA) is 86.1 Å². The minimum atomic E-state index is -0.560. The van der Waals surface area contributed by atoms with Gasteiger partial charge in [-0.3, -0.25) is 4.68 Å². The van der Waals surface area contributed by atoms with Crippen molar-refractivity contribution in [1.82, 2.24) is 19.6 Å². The van der Waals surface area contributed by atoms with Gasteiger partial charge >= 0.3 is 12.2 Å². The molecular formula is C33H46N4O5. The average molecular weight is 579 g/mol. The zero-order valence-electron chi connectivity index (χ0n) is 26.3. The Balaban J connectivity index is 1.30. The molecule has 0 radical (unpaired) electrons. The molecule has 4 heterocycles. The van der Waals surface area contributed by atoms with Crippen molar-refractivity contribution in [3.8, 4) is 17.0 Å². The number of carbonyl (C=O) groups excluding carboxylic acids is 2. The van der Waals surface area contributed by atoms with Gasteiger partial charge in [-0.25, -0.2) is 9.59 Å². The summed E-state index contributed by atoms with van der Waals surface area (Å²) in [6, 6.07) is 8.33. The van der Waals surface area contributed by atoms with Crippen LogP contribution in [0.5, 0.6) is 5.75 Å². The van der Waals surface area contributed by atoms with Crippen LogP contribution in [0.2, 0.25) is 0 Å². The van der Waals surface area contributed by atoms with Gasteiger partial charge < -0.3 is 24.0 Å². The first-order valence-corrected chi connectivity index (χ1v) is 15.6. The number of benzene rings is 1. The molecule has 0 bridgehead atoms. The van der Waals surface area contributed by atoms with Gasteiger partial charge in [0.1, 0.15) is 28.2 Å². The molecule has 0 N–H and O–H groups in total. The second kappa shape index (κ2) is 9.91. The van der Waals surface area contributed by atoms with Gasteiger partial charge in [-0.05, 0) is 92.7 Å². The second-order valence-corrected chi connectivity index (χ2v) is 14.7. The molecular weight excluding hydrogens is 532 g/mol. The monoisotopic (exact) mass is 578 g/mol. The number of hydrogen-bond acceptors (Lipinski definition) is 6. The lowest BCUT2D eigenvalue weighted by Crippen LogP contribution is -2.61. The van der Waals surface area contributed by atoms with Gasteiger partial charge in [0.25, 0.3) is 0 Å². The molecule has 3 aliphatic heterocycles. The van der Waals surface area contributed by atoms with E-state index in [1.807, 2.05) is 64.6 Å². The molecule has 228 valence electrons. The van der Waals surface area contributed by atoms with Gasteiger partial charge in [0, 0.05) is 54.8 Å². The van der Waals surface area contributed by atoms with E-state index in [1.165, 1.54) is 0 Å². The number of nitrogens with zero attached hydrogens (tertiary/aromatic N) is 4. The third-order valence-corrected chi connectivity index (χ3v) is 9.39. The molecule has 1 unspecified atom stereocenters. The predicted octanol–water partition coefficient (Wildman–Crippen LogP) is 6.97. The first-order chi connectivity index (χ1) is 19.7. The van der Waals surface area contributed by atoms with Crippen molar-refractivity contribution in [3.05, 3.63) is 35.5 Å². The summed E-state index contributed by atoms with van der Waals surface area (Å²) in [4.78, 5) is 29.9. The Morgan fingerprint density at radius 2 is 1.57 bits per heavy atom. The predicted molar refractivity (Wildman–Crippen MR) is 160 cm³/mol. The Bertz CT molecular complexity index is 1370. The maximum absolute atomic E-state index is 13.2. The van der Waals surface area contributed by atoms with E-state index < -0.39 is 16.8 Å². The van der Waals surface area contributed by atoms with E-state index in [9.17, 15) is 9.59 Å². The van der Waals surface area contributed by atoms with E-state index in [4.69, 9.17) is 19.3 Å². The summed E-state index contributed by atoms with van der Waals surface area (Å²) in [5.74, 6) is 0.843. The molecule has 2 spiro atoms. The van der Waals surface area contributed by atoms with Gasteiger partial charge in [-0.2, -0.15) is 5.10 Å². The smallest absolute Gasteiger partial charge is 0.410 e. The lowest BCUT2D eigenvalue weighted by molar-refractivity contribution is -0.0543. The Kier molecular flexibility index (Phi) is 6.81. The molecule has 3 fully saturated rings. The molecule has 2 amide bonds. The van der Waals surface area contributed by atoms with Crippen LogP contribution < -0.4 is 4.74 Å². The highest BCUT2D eigenvalue weighted by molar-refractivity contribution is 5.75. The Morgan fingerprint density at radius 3 is 2.19 bits per heavy atom. The van der Waals surface area contributed by atoms with Gasteiger partial charge in [0.05, 0.1) is 6.04 Å². The van der Waals surface area contributed by atoms with E-state index in [0.717, 1.165) is 60.4 Å². The van der Waals surface area contributed by atoms with Crippen LogP contribution in [0.4, 0.5) is 9.59 Å². The lowest BCUT2D eigenvalue weighted by atomic mass is 9.69. The first kappa shape index (κ1) is 28.9. The summed E-state index contributed by atoms with van der Waals surface area (Å²) in [6.07, 6.45) is 5.68. The third kappa shape index (κ3) is 5.02. The summed E-state index contributed by atoms with van der Waals surface area (Å²) < 4.78 is 20.6.